The van der Waals surface area contributed by atoms with Crippen LogP contribution < -0.4 is 24.8 Å². The van der Waals surface area contributed by atoms with E-state index >= 15 is 0 Å². The molecule has 7 heteroatoms. The maximum atomic E-state index is 12.3. The molecule has 3 rings (SSSR count). The number of amides is 1. The number of para-hydroxylation sites is 4. The van der Waals surface area contributed by atoms with Gasteiger partial charge >= 0.3 is 0 Å². The molecule has 1 atom stereocenters. The van der Waals surface area contributed by atoms with Crippen LogP contribution in [0.1, 0.15) is 0 Å². The van der Waals surface area contributed by atoms with Crippen LogP contribution in [0, 0.1) is 11.3 Å². The van der Waals surface area contributed by atoms with Gasteiger partial charge in [-0.1, -0.05) is 24.3 Å². The van der Waals surface area contributed by atoms with Crippen LogP contribution in [0.4, 0.5) is 5.69 Å². The van der Waals surface area contributed by atoms with E-state index in [-0.39, 0.29) is 11.7 Å². The summed E-state index contributed by atoms with van der Waals surface area (Å²) in [5, 5.41) is 14.9. The zero-order chi connectivity index (χ0) is 19.1. The Kier molecular flexibility index (Phi) is 5.80. The van der Waals surface area contributed by atoms with Crippen molar-refractivity contribution >= 4 is 11.6 Å². The molecule has 1 aliphatic rings. The first-order valence-corrected chi connectivity index (χ1v) is 8.37. The summed E-state index contributed by atoms with van der Waals surface area (Å²) in [5.41, 5.74) is 0.435. The van der Waals surface area contributed by atoms with Gasteiger partial charge in [0.2, 0.25) is 0 Å². The van der Waals surface area contributed by atoms with E-state index in [1.54, 1.807) is 24.3 Å². The van der Waals surface area contributed by atoms with Crippen LogP contribution in [0.3, 0.4) is 0 Å². The molecular formula is C20H19N3O4. The molecule has 1 aliphatic heterocycles. The number of anilines is 1. The van der Waals surface area contributed by atoms with E-state index in [9.17, 15) is 10.1 Å². The van der Waals surface area contributed by atoms with Crippen molar-refractivity contribution in [2.75, 3.05) is 25.6 Å². The molecule has 0 saturated heterocycles. The van der Waals surface area contributed by atoms with Crippen LogP contribution in [0.15, 0.2) is 60.3 Å². The molecule has 0 aliphatic carbocycles. The number of fused-ring (bicyclic) bond motifs is 1. The van der Waals surface area contributed by atoms with Crippen LogP contribution in [-0.4, -0.2) is 32.3 Å². The minimum Gasteiger partial charge on any atom is -0.495 e. The molecule has 0 aromatic heterocycles. The van der Waals surface area contributed by atoms with Crippen LogP contribution in [0.5, 0.6) is 17.2 Å². The highest BCUT2D eigenvalue weighted by Crippen LogP contribution is 2.30. The van der Waals surface area contributed by atoms with Gasteiger partial charge in [0.25, 0.3) is 5.91 Å². The number of nitriles is 1. The third-order valence-corrected chi connectivity index (χ3v) is 3.88. The fourth-order valence-electron chi connectivity index (χ4n) is 2.54. The van der Waals surface area contributed by atoms with Gasteiger partial charge < -0.3 is 24.8 Å². The number of carbonyl (C=O) groups excluding carboxylic acids is 1. The number of hydrogen-bond donors (Lipinski definition) is 2. The number of carbonyl (C=O) groups is 1. The Hall–Kier alpha value is -3.66. The highest BCUT2D eigenvalue weighted by Gasteiger charge is 2.20. The second-order valence-corrected chi connectivity index (χ2v) is 5.73. The molecule has 2 aromatic carbocycles. The summed E-state index contributed by atoms with van der Waals surface area (Å²) in [5.74, 6) is 1.37. The summed E-state index contributed by atoms with van der Waals surface area (Å²) in [4.78, 5) is 12.3. The van der Waals surface area contributed by atoms with E-state index < -0.39 is 5.91 Å². The molecule has 0 bridgehead atoms. The second kappa shape index (κ2) is 8.63. The summed E-state index contributed by atoms with van der Waals surface area (Å²) in [6.45, 7) is 0.772. The van der Waals surface area contributed by atoms with Crippen LogP contribution in [0.2, 0.25) is 0 Å². The smallest absolute Gasteiger partial charge is 0.267 e. The van der Waals surface area contributed by atoms with Crippen LogP contribution in [-0.2, 0) is 4.79 Å². The molecule has 27 heavy (non-hydrogen) atoms. The van der Waals surface area contributed by atoms with Crippen LogP contribution in [0.25, 0.3) is 0 Å². The summed E-state index contributed by atoms with van der Waals surface area (Å²) >= 11 is 0. The molecule has 0 saturated carbocycles. The molecule has 0 fully saturated rings. The molecule has 1 amide bonds. The lowest BCUT2D eigenvalue weighted by molar-refractivity contribution is -0.112. The molecule has 2 aromatic rings. The van der Waals surface area contributed by atoms with E-state index in [0.29, 0.717) is 36.1 Å². The van der Waals surface area contributed by atoms with E-state index in [1.165, 1.54) is 13.3 Å². The van der Waals surface area contributed by atoms with Crippen molar-refractivity contribution in [1.29, 1.82) is 5.26 Å². The Morgan fingerprint density at radius 2 is 2.00 bits per heavy atom. The quantitative estimate of drug-likeness (QED) is 0.603. The summed E-state index contributed by atoms with van der Waals surface area (Å²) in [6, 6.07) is 16.3. The summed E-state index contributed by atoms with van der Waals surface area (Å²) in [7, 11) is 1.51. The van der Waals surface area contributed by atoms with Gasteiger partial charge in [-0.05, 0) is 24.3 Å². The predicted octanol–water partition coefficient (Wildman–Crippen LogP) is 2.47. The van der Waals surface area contributed by atoms with Crippen molar-refractivity contribution < 1.29 is 19.0 Å². The average molecular weight is 365 g/mol. The van der Waals surface area contributed by atoms with Crippen molar-refractivity contribution in [1.82, 2.24) is 5.32 Å². The third-order valence-electron chi connectivity index (χ3n) is 3.88. The number of nitrogens with one attached hydrogen (secondary N) is 2. The van der Waals surface area contributed by atoms with E-state index in [4.69, 9.17) is 14.2 Å². The second-order valence-electron chi connectivity index (χ2n) is 5.73. The van der Waals surface area contributed by atoms with Crippen molar-refractivity contribution in [2.24, 2.45) is 0 Å². The molecule has 7 nitrogen and oxygen atoms in total. The molecule has 1 unspecified atom stereocenters. The lowest BCUT2D eigenvalue weighted by Gasteiger charge is -2.26. The Morgan fingerprint density at radius 3 is 2.78 bits per heavy atom. The predicted molar refractivity (Wildman–Crippen MR) is 99.7 cm³/mol. The molecule has 2 N–H and O–H groups in total. The first-order valence-electron chi connectivity index (χ1n) is 8.37. The zero-order valence-electron chi connectivity index (χ0n) is 14.8. The highest BCUT2D eigenvalue weighted by atomic mass is 16.6. The monoisotopic (exact) mass is 365 g/mol. The third kappa shape index (κ3) is 4.50. The molecular weight excluding hydrogens is 346 g/mol. The van der Waals surface area contributed by atoms with Gasteiger partial charge in [-0.3, -0.25) is 4.79 Å². The first-order chi connectivity index (χ1) is 13.2. The SMILES string of the molecule is COc1ccccc1NC(=O)/C(C#N)=C\NCC1COc2ccccc2O1. The molecule has 0 spiro atoms. The average Bonchev–Trinajstić information content (AvgIpc) is 2.71. The highest BCUT2D eigenvalue weighted by molar-refractivity contribution is 6.07. The zero-order valence-corrected chi connectivity index (χ0v) is 14.8. The maximum Gasteiger partial charge on any atom is 0.267 e. The van der Waals surface area contributed by atoms with Gasteiger partial charge in [0, 0.05) is 6.20 Å². The van der Waals surface area contributed by atoms with Gasteiger partial charge in [-0.25, -0.2) is 0 Å². The van der Waals surface area contributed by atoms with Crippen LogP contribution >= 0.6 is 0 Å². The normalized spacial score (nSPS) is 15.4. The first kappa shape index (κ1) is 18.1. The molecule has 0 radical (unpaired) electrons. The minimum absolute atomic E-state index is 0.0574. The largest absolute Gasteiger partial charge is 0.495 e. The topological polar surface area (TPSA) is 92.6 Å². The number of rotatable bonds is 6. The lowest BCUT2D eigenvalue weighted by atomic mass is 10.2. The summed E-state index contributed by atoms with van der Waals surface area (Å²) < 4.78 is 16.6. The van der Waals surface area contributed by atoms with E-state index in [2.05, 4.69) is 10.6 Å². The van der Waals surface area contributed by atoms with Gasteiger partial charge in [-0.2, -0.15) is 5.26 Å². The van der Waals surface area contributed by atoms with Crippen molar-refractivity contribution in [3.63, 3.8) is 0 Å². The Balaban J connectivity index is 1.57. The molecule has 138 valence electrons. The summed E-state index contributed by atoms with van der Waals surface area (Å²) in [6.07, 6.45) is 1.14. The fraction of sp³-hybridized carbons (Fsp3) is 0.200. The van der Waals surface area contributed by atoms with Gasteiger partial charge in [0.1, 0.15) is 30.1 Å². The van der Waals surface area contributed by atoms with Crippen molar-refractivity contribution in [3.8, 4) is 23.3 Å². The van der Waals surface area contributed by atoms with Crippen molar-refractivity contribution in [3.05, 3.63) is 60.3 Å². The number of hydrogen-bond acceptors (Lipinski definition) is 6. The van der Waals surface area contributed by atoms with Gasteiger partial charge in [0.15, 0.2) is 11.5 Å². The van der Waals surface area contributed by atoms with E-state index in [0.717, 1.165) is 0 Å². The number of nitrogens with zero attached hydrogens (tertiary/aromatic N) is 1. The minimum atomic E-state index is -0.527. The van der Waals surface area contributed by atoms with Gasteiger partial charge in [-0.15, -0.1) is 0 Å². The lowest BCUT2D eigenvalue weighted by Crippen LogP contribution is -2.37. The Morgan fingerprint density at radius 1 is 1.26 bits per heavy atom. The van der Waals surface area contributed by atoms with E-state index in [1.807, 2.05) is 30.3 Å². The standard InChI is InChI=1S/C20H19N3O4/c1-25-17-7-3-2-6-16(17)23-20(24)14(10-21)11-22-12-15-13-26-18-8-4-5-9-19(18)27-15/h2-9,11,15,22H,12-13H2,1H3,(H,23,24)/b14-11-. The fourth-order valence-corrected chi connectivity index (χ4v) is 2.54. The number of methoxy groups -OCH3 is 1. The Bertz CT molecular complexity index is 889. The maximum absolute atomic E-state index is 12.3. The number of ether oxygens (including phenoxy) is 3. The Labute approximate surface area is 157 Å². The number of benzene rings is 2. The van der Waals surface area contributed by atoms with Gasteiger partial charge in [0.05, 0.1) is 19.3 Å². The van der Waals surface area contributed by atoms with Crippen molar-refractivity contribution in [2.45, 2.75) is 6.10 Å². The molecule has 1 heterocycles.